The highest BCUT2D eigenvalue weighted by Gasteiger charge is 2.48. The van der Waals surface area contributed by atoms with E-state index in [2.05, 4.69) is 265 Å². The first kappa shape index (κ1) is 49.0. The highest BCUT2D eigenvalue weighted by Crippen LogP contribution is 2.62. The van der Waals surface area contributed by atoms with E-state index in [1.54, 1.807) is 0 Å². The van der Waals surface area contributed by atoms with Crippen LogP contribution in [0.2, 0.25) is 0 Å². The van der Waals surface area contributed by atoms with Crippen LogP contribution < -0.4 is 9.80 Å². The Labute approximate surface area is 446 Å². The fourth-order valence-corrected chi connectivity index (χ4v) is 13.1. The average Bonchev–Trinajstić information content (AvgIpc) is 3.74. The van der Waals surface area contributed by atoms with Crippen molar-refractivity contribution in [2.24, 2.45) is 5.92 Å². The van der Waals surface area contributed by atoms with Gasteiger partial charge in [0.1, 0.15) is 0 Å². The van der Waals surface area contributed by atoms with Crippen LogP contribution in [0.25, 0.3) is 38.6 Å². The number of fused-ring (bicyclic) bond motifs is 8. The molecule has 1 fully saturated rings. The van der Waals surface area contributed by atoms with Crippen LogP contribution in [0.4, 0.5) is 34.1 Å². The quantitative estimate of drug-likeness (QED) is 0.0945. The van der Waals surface area contributed by atoms with Gasteiger partial charge in [0.25, 0.3) is 0 Å². The third-order valence-electron chi connectivity index (χ3n) is 16.9. The van der Waals surface area contributed by atoms with Crippen molar-refractivity contribution in [3.63, 3.8) is 0 Å². The summed E-state index contributed by atoms with van der Waals surface area (Å²) in [6.45, 7) is 26.9. The molecule has 0 saturated heterocycles. The Morgan fingerprint density at radius 3 is 1.89 bits per heavy atom. The van der Waals surface area contributed by atoms with E-state index in [0.29, 0.717) is 17.8 Å². The van der Waals surface area contributed by atoms with Gasteiger partial charge >= 0.3 is 0 Å². The molecule has 4 atom stereocenters. The SMILES string of the molecule is C=C/C=C\C1=C(C)C2CCC2c2cc(N(c3ccccc3)c3ccc4c(c3)C(C(=C)/C=C\C)(/C(C)=C/C=C)c3cc(N(c5ccccc5)c5ccc(-c6ccccc6C(C)CC)c(C)c5)c5ccccc5c3-4)ccc21. The number of rotatable bonds is 15. The second-order valence-electron chi connectivity index (χ2n) is 20.9. The first-order valence-electron chi connectivity index (χ1n) is 27.0. The summed E-state index contributed by atoms with van der Waals surface area (Å²) in [5.74, 6) is 1.54. The first-order chi connectivity index (χ1) is 36.6. The number of aryl methyl sites for hydroxylation is 1. The Bertz CT molecular complexity index is 3670. The molecule has 3 aliphatic rings. The van der Waals surface area contributed by atoms with E-state index in [4.69, 9.17) is 6.58 Å². The van der Waals surface area contributed by atoms with Crippen molar-refractivity contribution in [1.29, 1.82) is 0 Å². The van der Waals surface area contributed by atoms with E-state index in [1.165, 1.54) is 90.4 Å². The predicted molar refractivity (Wildman–Crippen MR) is 324 cm³/mol. The van der Waals surface area contributed by atoms with Crippen LogP contribution in [0.15, 0.2) is 249 Å². The minimum absolute atomic E-state index is 0.455. The van der Waals surface area contributed by atoms with E-state index >= 15 is 0 Å². The number of anilines is 6. The van der Waals surface area contributed by atoms with E-state index in [-0.39, 0.29) is 0 Å². The number of hydrogen-bond donors (Lipinski definition) is 0. The summed E-state index contributed by atoms with van der Waals surface area (Å²) in [7, 11) is 0. The molecule has 0 aliphatic heterocycles. The van der Waals surface area contributed by atoms with Gasteiger partial charge in [0.05, 0.1) is 11.1 Å². The largest absolute Gasteiger partial charge is 0.310 e. The van der Waals surface area contributed by atoms with Crippen molar-refractivity contribution >= 4 is 50.5 Å². The summed E-state index contributed by atoms with van der Waals surface area (Å²) < 4.78 is 0. The van der Waals surface area contributed by atoms with Crippen LogP contribution in [-0.2, 0) is 5.41 Å². The molecule has 0 radical (unpaired) electrons. The molecule has 0 heterocycles. The monoisotopic (exact) mass is 973 g/mol. The van der Waals surface area contributed by atoms with Gasteiger partial charge in [-0.15, -0.1) is 0 Å². The molecule has 75 heavy (non-hydrogen) atoms. The molecular formula is C73H68N2. The van der Waals surface area contributed by atoms with Crippen LogP contribution in [0.1, 0.15) is 99.1 Å². The number of para-hydroxylation sites is 2. The van der Waals surface area contributed by atoms with Crippen molar-refractivity contribution < 1.29 is 0 Å². The molecular weight excluding hydrogens is 905 g/mol. The molecule has 0 N–H and O–H groups in total. The third kappa shape index (κ3) is 8.10. The van der Waals surface area contributed by atoms with E-state index < -0.39 is 5.41 Å². The minimum Gasteiger partial charge on any atom is -0.310 e. The lowest BCUT2D eigenvalue weighted by molar-refractivity contribution is 0.296. The Morgan fingerprint density at radius 2 is 1.24 bits per heavy atom. The van der Waals surface area contributed by atoms with Crippen LogP contribution >= 0.6 is 0 Å². The molecule has 1 saturated carbocycles. The molecule has 2 heteroatoms. The number of hydrogen-bond acceptors (Lipinski definition) is 2. The topological polar surface area (TPSA) is 6.48 Å². The summed E-state index contributed by atoms with van der Waals surface area (Å²) in [6.07, 6.45) is 18.3. The number of benzene rings is 8. The second kappa shape index (κ2) is 20.3. The van der Waals surface area contributed by atoms with Crippen molar-refractivity contribution in [2.45, 2.75) is 78.1 Å². The molecule has 0 amide bonds. The van der Waals surface area contributed by atoms with Gasteiger partial charge in [0, 0.05) is 33.8 Å². The standard InChI is InChI=1S/C73H68N2/c1-10-14-31-60-52(9)61-42-43-64(61)68-45-56(37-40-63(60)68)74(53-27-17-15-18-28-53)57-38-41-67-69(46-57)73(50(7)25-11-2,51(8)26-12-3)70-47-71(65-34-23-24-35-66(65)72(67)70)75(54-29-19-16-20-30-54)55-36-39-59(49(6)44-55)62-33-22-21-32-58(62)48(5)13-4/h10-12,14-41,44-48,61,64H,1-2,8,13,42-43H2,3-7,9H3/b26-12-,31-14-,50-25+. The third-order valence-corrected chi connectivity index (χ3v) is 16.9. The summed E-state index contributed by atoms with van der Waals surface area (Å²) in [5, 5.41) is 2.38. The van der Waals surface area contributed by atoms with E-state index in [9.17, 15) is 0 Å². The van der Waals surface area contributed by atoms with E-state index in [1.807, 2.05) is 12.2 Å². The normalized spacial score (nSPS) is 18.0. The lowest BCUT2D eigenvalue weighted by atomic mass is 9.61. The van der Waals surface area contributed by atoms with Crippen molar-refractivity contribution in [1.82, 2.24) is 0 Å². The highest BCUT2D eigenvalue weighted by molar-refractivity contribution is 6.11. The van der Waals surface area contributed by atoms with Gasteiger partial charge in [-0.2, -0.15) is 0 Å². The minimum atomic E-state index is -0.756. The number of allylic oxidation sites excluding steroid dienone is 11. The molecule has 11 rings (SSSR count). The maximum Gasteiger partial charge on any atom is 0.0669 e. The summed E-state index contributed by atoms with van der Waals surface area (Å²) in [6, 6.07) is 63.6. The summed E-state index contributed by atoms with van der Waals surface area (Å²) in [4.78, 5) is 4.94. The molecule has 0 aromatic heterocycles. The van der Waals surface area contributed by atoms with Crippen LogP contribution in [0.5, 0.6) is 0 Å². The Morgan fingerprint density at radius 1 is 0.627 bits per heavy atom. The van der Waals surface area contributed by atoms with Crippen LogP contribution in [-0.4, -0.2) is 0 Å². The fourth-order valence-electron chi connectivity index (χ4n) is 13.1. The van der Waals surface area contributed by atoms with Crippen molar-refractivity contribution in [3.8, 4) is 22.3 Å². The first-order valence-corrected chi connectivity index (χ1v) is 27.0. The zero-order chi connectivity index (χ0) is 52.0. The van der Waals surface area contributed by atoms with Gasteiger partial charge in [-0.1, -0.05) is 190 Å². The smallest absolute Gasteiger partial charge is 0.0669 e. The fraction of sp³-hybridized carbons (Fsp3) is 0.178. The molecule has 2 nitrogen and oxygen atoms in total. The van der Waals surface area contributed by atoms with Crippen LogP contribution in [0, 0.1) is 12.8 Å². The maximum absolute atomic E-state index is 5.04. The zero-order valence-electron chi connectivity index (χ0n) is 44.6. The summed E-state index contributed by atoms with van der Waals surface area (Å²) >= 11 is 0. The van der Waals surface area contributed by atoms with E-state index in [0.717, 1.165) is 51.7 Å². The highest BCUT2D eigenvalue weighted by atomic mass is 15.1. The Hall–Kier alpha value is -8.20. The van der Waals surface area contributed by atoms with Gasteiger partial charge < -0.3 is 9.80 Å². The zero-order valence-corrected chi connectivity index (χ0v) is 44.6. The molecule has 8 aromatic carbocycles. The van der Waals surface area contributed by atoms with Crippen LogP contribution in [0.3, 0.4) is 0 Å². The Kier molecular flexibility index (Phi) is 13.2. The van der Waals surface area contributed by atoms with Gasteiger partial charge in [0.2, 0.25) is 0 Å². The summed E-state index contributed by atoms with van der Waals surface area (Å²) in [5.41, 5.74) is 23.7. The van der Waals surface area contributed by atoms with Gasteiger partial charge in [-0.3, -0.25) is 0 Å². The lowest BCUT2D eigenvalue weighted by Crippen LogP contribution is -2.30. The second-order valence-corrected chi connectivity index (χ2v) is 20.9. The molecule has 0 bridgehead atoms. The molecule has 8 aromatic rings. The Balaban J connectivity index is 1.15. The average molecular weight is 973 g/mol. The van der Waals surface area contributed by atoms with Crippen molar-refractivity contribution in [3.05, 3.63) is 282 Å². The van der Waals surface area contributed by atoms with Crippen molar-refractivity contribution in [2.75, 3.05) is 9.80 Å². The van der Waals surface area contributed by atoms with Gasteiger partial charge in [-0.05, 0) is 204 Å². The molecule has 370 valence electrons. The number of nitrogens with zero attached hydrogens (tertiary/aromatic N) is 2. The predicted octanol–water partition coefficient (Wildman–Crippen LogP) is 20.8. The molecule has 0 spiro atoms. The molecule has 3 aliphatic carbocycles. The maximum atomic E-state index is 5.04. The van der Waals surface area contributed by atoms with Gasteiger partial charge in [0.15, 0.2) is 0 Å². The lowest BCUT2D eigenvalue weighted by Gasteiger charge is -2.44. The molecule has 4 unspecified atom stereocenters. The van der Waals surface area contributed by atoms with Gasteiger partial charge in [-0.25, -0.2) is 0 Å².